The molecule has 5 nitrogen and oxygen atoms in total. The first-order chi connectivity index (χ1) is 9.20. The molecule has 2 rings (SSSR count). The summed E-state index contributed by atoms with van der Waals surface area (Å²) >= 11 is 0. The third-order valence-electron chi connectivity index (χ3n) is 2.83. The maximum atomic E-state index is 5.38. The molecule has 2 aromatic heterocycles. The van der Waals surface area contributed by atoms with E-state index in [9.17, 15) is 0 Å². The summed E-state index contributed by atoms with van der Waals surface area (Å²) in [5, 5.41) is 6.53. The van der Waals surface area contributed by atoms with Crippen LogP contribution < -0.4 is 10.6 Å². The van der Waals surface area contributed by atoms with Crippen molar-refractivity contribution < 1.29 is 4.42 Å². The van der Waals surface area contributed by atoms with E-state index in [1.807, 2.05) is 32.2 Å². The van der Waals surface area contributed by atoms with E-state index in [4.69, 9.17) is 4.42 Å². The minimum Gasteiger partial charge on any atom is -0.467 e. The summed E-state index contributed by atoms with van der Waals surface area (Å²) in [7, 11) is 0. The van der Waals surface area contributed by atoms with Gasteiger partial charge >= 0.3 is 0 Å². The zero-order valence-electron chi connectivity index (χ0n) is 11.6. The molecule has 0 radical (unpaired) electrons. The van der Waals surface area contributed by atoms with Crippen LogP contribution in [0.25, 0.3) is 0 Å². The van der Waals surface area contributed by atoms with Gasteiger partial charge in [0.25, 0.3) is 0 Å². The lowest BCUT2D eigenvalue weighted by Gasteiger charge is -2.15. The van der Waals surface area contributed by atoms with Crippen molar-refractivity contribution in [3.63, 3.8) is 0 Å². The molecule has 0 aliphatic rings. The Bertz CT molecular complexity index is 510. The van der Waals surface area contributed by atoms with E-state index in [2.05, 4.69) is 27.5 Å². The predicted octanol–water partition coefficient (Wildman–Crippen LogP) is 3.37. The van der Waals surface area contributed by atoms with Crippen molar-refractivity contribution in [1.82, 2.24) is 9.97 Å². The topological polar surface area (TPSA) is 63.0 Å². The largest absolute Gasteiger partial charge is 0.467 e. The van der Waals surface area contributed by atoms with Gasteiger partial charge in [0.05, 0.1) is 12.3 Å². The number of rotatable bonds is 6. The molecular formula is C14H20N4O. The molecule has 0 aliphatic carbocycles. The van der Waals surface area contributed by atoms with E-state index >= 15 is 0 Å². The fraction of sp³-hybridized carbons (Fsp3) is 0.429. The monoisotopic (exact) mass is 260 g/mol. The Morgan fingerprint density at radius 1 is 1.42 bits per heavy atom. The molecule has 1 unspecified atom stereocenters. The number of nitrogens with zero attached hydrogens (tertiary/aromatic N) is 2. The highest BCUT2D eigenvalue weighted by Gasteiger charge is 2.11. The summed E-state index contributed by atoms with van der Waals surface area (Å²) in [4.78, 5) is 8.75. The molecule has 0 saturated carbocycles. The van der Waals surface area contributed by atoms with E-state index in [1.165, 1.54) is 0 Å². The number of hydrogen-bond acceptors (Lipinski definition) is 5. The number of anilines is 2. The van der Waals surface area contributed by atoms with Crippen LogP contribution in [-0.2, 0) is 0 Å². The number of hydrogen-bond donors (Lipinski definition) is 2. The molecule has 0 aromatic carbocycles. The molecule has 2 heterocycles. The third-order valence-corrected chi connectivity index (χ3v) is 2.83. The van der Waals surface area contributed by atoms with Crippen molar-refractivity contribution in [3.05, 3.63) is 35.9 Å². The number of aryl methyl sites for hydroxylation is 1. The van der Waals surface area contributed by atoms with Crippen LogP contribution >= 0.6 is 0 Å². The van der Waals surface area contributed by atoms with Crippen molar-refractivity contribution in [3.8, 4) is 0 Å². The van der Waals surface area contributed by atoms with Crippen molar-refractivity contribution in [1.29, 1.82) is 0 Å². The first-order valence-corrected chi connectivity index (χ1v) is 6.58. The van der Waals surface area contributed by atoms with Crippen molar-refractivity contribution in [2.45, 2.75) is 33.2 Å². The summed E-state index contributed by atoms with van der Waals surface area (Å²) in [5.74, 6) is 2.38. The molecule has 0 fully saturated rings. The van der Waals surface area contributed by atoms with Gasteiger partial charge in [-0.1, -0.05) is 6.92 Å². The second-order valence-corrected chi connectivity index (χ2v) is 4.53. The van der Waals surface area contributed by atoms with Crippen LogP contribution in [0.15, 0.2) is 29.0 Å². The van der Waals surface area contributed by atoms with E-state index < -0.39 is 0 Å². The highest BCUT2D eigenvalue weighted by atomic mass is 16.3. The molecule has 2 aromatic rings. The maximum absolute atomic E-state index is 5.38. The Morgan fingerprint density at radius 3 is 2.95 bits per heavy atom. The Labute approximate surface area is 113 Å². The van der Waals surface area contributed by atoms with Gasteiger partial charge < -0.3 is 15.1 Å². The van der Waals surface area contributed by atoms with E-state index in [-0.39, 0.29) is 6.04 Å². The normalized spacial score (nSPS) is 12.2. The molecule has 0 bridgehead atoms. The van der Waals surface area contributed by atoms with Crippen molar-refractivity contribution in [2.24, 2.45) is 0 Å². The predicted molar refractivity (Wildman–Crippen MR) is 76.3 cm³/mol. The van der Waals surface area contributed by atoms with Crippen molar-refractivity contribution in [2.75, 3.05) is 17.2 Å². The highest BCUT2D eigenvalue weighted by Crippen LogP contribution is 2.21. The molecule has 19 heavy (non-hydrogen) atoms. The van der Waals surface area contributed by atoms with Crippen LogP contribution in [0.1, 0.15) is 37.6 Å². The van der Waals surface area contributed by atoms with E-state index in [0.717, 1.165) is 30.1 Å². The Morgan fingerprint density at radius 2 is 2.26 bits per heavy atom. The third kappa shape index (κ3) is 3.47. The SMILES string of the molecule is CCCNc1ncc(C)c(NC(C)c2ccco2)n1. The first kappa shape index (κ1) is 13.4. The highest BCUT2D eigenvalue weighted by molar-refractivity contribution is 5.47. The molecule has 0 amide bonds. The van der Waals surface area contributed by atoms with Gasteiger partial charge in [-0.05, 0) is 32.4 Å². The van der Waals surface area contributed by atoms with Gasteiger partial charge in [-0.2, -0.15) is 4.98 Å². The Hall–Kier alpha value is -2.04. The quantitative estimate of drug-likeness (QED) is 0.833. The second kappa shape index (κ2) is 6.22. The van der Waals surface area contributed by atoms with Crippen molar-refractivity contribution >= 4 is 11.8 Å². The zero-order chi connectivity index (χ0) is 13.7. The van der Waals surface area contributed by atoms with Crippen LogP contribution in [0.4, 0.5) is 11.8 Å². The molecular weight excluding hydrogens is 240 g/mol. The molecule has 2 N–H and O–H groups in total. The Kier molecular flexibility index (Phi) is 4.39. The van der Waals surface area contributed by atoms with E-state index in [1.54, 1.807) is 6.26 Å². The van der Waals surface area contributed by atoms with Crippen LogP contribution in [0.2, 0.25) is 0 Å². The van der Waals surface area contributed by atoms with Crippen LogP contribution in [-0.4, -0.2) is 16.5 Å². The molecule has 0 saturated heterocycles. The molecule has 5 heteroatoms. The lowest BCUT2D eigenvalue weighted by atomic mass is 10.2. The fourth-order valence-electron chi connectivity index (χ4n) is 1.72. The minimum atomic E-state index is 0.0719. The van der Waals surface area contributed by atoms with Gasteiger partial charge in [0.2, 0.25) is 5.95 Å². The van der Waals surface area contributed by atoms with Gasteiger partial charge in [0.1, 0.15) is 11.6 Å². The zero-order valence-corrected chi connectivity index (χ0v) is 11.6. The summed E-state index contributed by atoms with van der Waals surface area (Å²) in [5.41, 5.74) is 1.01. The summed E-state index contributed by atoms with van der Waals surface area (Å²) in [6.07, 6.45) is 4.54. The summed E-state index contributed by atoms with van der Waals surface area (Å²) in [6, 6.07) is 3.90. The van der Waals surface area contributed by atoms with Gasteiger partial charge in [0.15, 0.2) is 0 Å². The van der Waals surface area contributed by atoms with Gasteiger partial charge in [-0.15, -0.1) is 0 Å². The Balaban J connectivity index is 2.10. The first-order valence-electron chi connectivity index (χ1n) is 6.58. The maximum Gasteiger partial charge on any atom is 0.224 e. The summed E-state index contributed by atoms with van der Waals surface area (Å²) in [6.45, 7) is 7.01. The lowest BCUT2D eigenvalue weighted by Crippen LogP contribution is -2.11. The molecule has 0 spiro atoms. The smallest absolute Gasteiger partial charge is 0.224 e. The number of nitrogens with one attached hydrogen (secondary N) is 2. The number of furan rings is 1. The van der Waals surface area contributed by atoms with Gasteiger partial charge in [-0.25, -0.2) is 4.98 Å². The van der Waals surface area contributed by atoms with Crippen LogP contribution in [0.5, 0.6) is 0 Å². The average Bonchev–Trinajstić information content (AvgIpc) is 2.93. The molecule has 1 atom stereocenters. The van der Waals surface area contributed by atoms with Crippen LogP contribution in [0.3, 0.4) is 0 Å². The second-order valence-electron chi connectivity index (χ2n) is 4.53. The van der Waals surface area contributed by atoms with Gasteiger partial charge in [0, 0.05) is 18.3 Å². The number of aromatic nitrogens is 2. The van der Waals surface area contributed by atoms with Crippen LogP contribution in [0, 0.1) is 6.92 Å². The van der Waals surface area contributed by atoms with Gasteiger partial charge in [-0.3, -0.25) is 0 Å². The fourth-order valence-corrected chi connectivity index (χ4v) is 1.72. The summed E-state index contributed by atoms with van der Waals surface area (Å²) < 4.78 is 5.38. The average molecular weight is 260 g/mol. The lowest BCUT2D eigenvalue weighted by molar-refractivity contribution is 0.490. The standard InChI is InChI=1S/C14H20N4O/c1-4-7-15-14-16-9-10(2)13(18-14)17-11(3)12-6-5-8-19-12/h5-6,8-9,11H,4,7H2,1-3H3,(H2,15,16,17,18). The molecule has 0 aliphatic heterocycles. The minimum absolute atomic E-state index is 0.0719. The van der Waals surface area contributed by atoms with E-state index in [0.29, 0.717) is 5.95 Å². The molecule has 102 valence electrons.